The maximum absolute atomic E-state index is 12.8. The zero-order chi connectivity index (χ0) is 20.7. The topological polar surface area (TPSA) is 79.9 Å². The van der Waals surface area contributed by atoms with Gasteiger partial charge in [-0.25, -0.2) is 4.79 Å². The summed E-state index contributed by atoms with van der Waals surface area (Å²) in [7, 11) is 0. The van der Waals surface area contributed by atoms with Crippen LogP contribution in [0.25, 0.3) is 0 Å². The van der Waals surface area contributed by atoms with Crippen LogP contribution in [0.2, 0.25) is 0 Å². The molecule has 0 aromatic heterocycles. The number of nitrogens with zero attached hydrogens (tertiary/aromatic N) is 1. The van der Waals surface area contributed by atoms with E-state index in [9.17, 15) is 9.59 Å². The number of nitrogens with one attached hydrogen (secondary N) is 2. The number of carbonyl (C=O) groups excluding carboxylic acids is 2. The summed E-state index contributed by atoms with van der Waals surface area (Å²) in [6.07, 6.45) is 2.64. The first-order valence-corrected chi connectivity index (χ1v) is 10.4. The SMILES string of the molecule is CCc1ccc(NC(=O)N2CC[C@@]3(C[C@@H]3C(=O)Nc3ccc4c(c3)OCO4)C2)cc1. The van der Waals surface area contributed by atoms with E-state index in [1.165, 1.54) is 5.56 Å². The third-order valence-corrected chi connectivity index (χ3v) is 6.43. The predicted molar refractivity (Wildman–Crippen MR) is 113 cm³/mol. The summed E-state index contributed by atoms with van der Waals surface area (Å²) in [5.41, 5.74) is 2.65. The maximum atomic E-state index is 12.8. The monoisotopic (exact) mass is 407 g/mol. The largest absolute Gasteiger partial charge is 0.454 e. The average molecular weight is 407 g/mol. The predicted octanol–water partition coefficient (Wildman–Crippen LogP) is 3.86. The number of benzene rings is 2. The number of fused-ring (bicyclic) bond motifs is 1. The number of hydrogen-bond acceptors (Lipinski definition) is 4. The number of hydrogen-bond donors (Lipinski definition) is 2. The summed E-state index contributed by atoms with van der Waals surface area (Å²) in [4.78, 5) is 27.2. The first kappa shape index (κ1) is 18.8. The van der Waals surface area contributed by atoms with Gasteiger partial charge in [-0.3, -0.25) is 4.79 Å². The molecule has 2 heterocycles. The van der Waals surface area contributed by atoms with Crippen molar-refractivity contribution in [3.05, 3.63) is 48.0 Å². The van der Waals surface area contributed by atoms with Gasteiger partial charge in [-0.15, -0.1) is 0 Å². The van der Waals surface area contributed by atoms with Gasteiger partial charge >= 0.3 is 6.03 Å². The maximum Gasteiger partial charge on any atom is 0.321 e. The molecule has 1 aliphatic carbocycles. The summed E-state index contributed by atoms with van der Waals surface area (Å²) in [5.74, 6) is 1.28. The van der Waals surface area contributed by atoms with Crippen molar-refractivity contribution in [2.75, 3.05) is 30.5 Å². The van der Waals surface area contributed by atoms with E-state index in [0.717, 1.165) is 24.9 Å². The summed E-state index contributed by atoms with van der Waals surface area (Å²) in [6, 6.07) is 13.2. The van der Waals surface area contributed by atoms with E-state index in [0.29, 0.717) is 30.3 Å². The molecule has 1 spiro atoms. The molecular weight excluding hydrogens is 382 g/mol. The Hall–Kier alpha value is -3.22. The highest BCUT2D eigenvalue weighted by Crippen LogP contribution is 2.58. The molecule has 2 fully saturated rings. The molecule has 30 heavy (non-hydrogen) atoms. The number of likely N-dealkylation sites (tertiary alicyclic amines) is 1. The van der Waals surface area contributed by atoms with Gasteiger partial charge in [0.05, 0.1) is 0 Å². The van der Waals surface area contributed by atoms with Crippen LogP contribution >= 0.6 is 0 Å². The smallest absolute Gasteiger partial charge is 0.321 e. The Kier molecular flexibility index (Phi) is 4.53. The minimum atomic E-state index is -0.0991. The minimum Gasteiger partial charge on any atom is -0.454 e. The van der Waals surface area contributed by atoms with Crippen molar-refractivity contribution in [1.29, 1.82) is 0 Å². The van der Waals surface area contributed by atoms with Crippen LogP contribution in [0.1, 0.15) is 25.3 Å². The Morgan fingerprint density at radius 1 is 1.07 bits per heavy atom. The highest BCUT2D eigenvalue weighted by atomic mass is 16.7. The number of urea groups is 1. The molecule has 2 aliphatic heterocycles. The van der Waals surface area contributed by atoms with Gasteiger partial charge in [-0.2, -0.15) is 0 Å². The lowest BCUT2D eigenvalue weighted by atomic mass is 10.0. The van der Waals surface area contributed by atoms with Gasteiger partial charge in [0.15, 0.2) is 11.5 Å². The second-order valence-electron chi connectivity index (χ2n) is 8.33. The molecule has 7 heteroatoms. The zero-order valence-corrected chi connectivity index (χ0v) is 16.9. The Labute approximate surface area is 175 Å². The van der Waals surface area contributed by atoms with Crippen molar-refractivity contribution in [3.63, 3.8) is 0 Å². The first-order valence-electron chi connectivity index (χ1n) is 10.4. The van der Waals surface area contributed by atoms with Crippen LogP contribution < -0.4 is 20.1 Å². The Morgan fingerprint density at radius 2 is 1.83 bits per heavy atom. The van der Waals surface area contributed by atoms with Crippen LogP contribution in [-0.4, -0.2) is 36.7 Å². The fourth-order valence-corrected chi connectivity index (χ4v) is 4.47. The van der Waals surface area contributed by atoms with E-state index in [1.807, 2.05) is 35.2 Å². The number of rotatable bonds is 4. The third-order valence-electron chi connectivity index (χ3n) is 6.43. The molecule has 2 aromatic rings. The lowest BCUT2D eigenvalue weighted by molar-refractivity contribution is -0.118. The molecule has 0 unspecified atom stereocenters. The van der Waals surface area contributed by atoms with E-state index >= 15 is 0 Å². The van der Waals surface area contributed by atoms with Crippen LogP contribution in [0.4, 0.5) is 16.2 Å². The number of amides is 3. The Balaban J connectivity index is 1.16. The molecule has 2 atom stereocenters. The number of aryl methyl sites for hydroxylation is 1. The van der Waals surface area contributed by atoms with Crippen LogP contribution in [0.5, 0.6) is 11.5 Å². The zero-order valence-electron chi connectivity index (χ0n) is 16.9. The molecule has 3 amide bonds. The van der Waals surface area contributed by atoms with Crippen molar-refractivity contribution in [3.8, 4) is 11.5 Å². The van der Waals surface area contributed by atoms with Crippen molar-refractivity contribution in [1.82, 2.24) is 4.90 Å². The second kappa shape index (κ2) is 7.23. The summed E-state index contributed by atoms with van der Waals surface area (Å²) < 4.78 is 10.7. The van der Waals surface area contributed by atoms with Gasteiger partial charge in [0.1, 0.15) is 0 Å². The molecule has 7 nitrogen and oxygen atoms in total. The van der Waals surface area contributed by atoms with Crippen molar-refractivity contribution in [2.24, 2.45) is 11.3 Å². The second-order valence-corrected chi connectivity index (χ2v) is 8.33. The van der Waals surface area contributed by atoms with Crippen LogP contribution in [-0.2, 0) is 11.2 Å². The fourth-order valence-electron chi connectivity index (χ4n) is 4.47. The van der Waals surface area contributed by atoms with Crippen LogP contribution in [0.3, 0.4) is 0 Å². The van der Waals surface area contributed by atoms with E-state index in [1.54, 1.807) is 12.1 Å². The van der Waals surface area contributed by atoms with Crippen LogP contribution in [0, 0.1) is 11.3 Å². The molecule has 0 radical (unpaired) electrons. The van der Waals surface area contributed by atoms with Gasteiger partial charge < -0.3 is 25.0 Å². The Bertz CT molecular complexity index is 990. The summed E-state index contributed by atoms with van der Waals surface area (Å²) >= 11 is 0. The molecule has 5 rings (SSSR count). The molecule has 2 N–H and O–H groups in total. The average Bonchev–Trinajstić information content (AvgIpc) is 3.06. The van der Waals surface area contributed by atoms with Gasteiger partial charge in [0, 0.05) is 41.9 Å². The van der Waals surface area contributed by atoms with Crippen molar-refractivity contribution in [2.45, 2.75) is 26.2 Å². The number of ether oxygens (including phenoxy) is 2. The molecular formula is C23H25N3O4. The van der Waals surface area contributed by atoms with Gasteiger partial charge in [-0.05, 0) is 49.1 Å². The third kappa shape index (κ3) is 3.44. The molecule has 3 aliphatic rings. The number of anilines is 2. The highest BCUT2D eigenvalue weighted by Gasteiger charge is 2.61. The first-order chi connectivity index (χ1) is 14.6. The molecule has 2 aromatic carbocycles. The molecule has 1 saturated carbocycles. The highest BCUT2D eigenvalue weighted by molar-refractivity contribution is 5.96. The van der Waals surface area contributed by atoms with Gasteiger partial charge in [0.2, 0.25) is 12.7 Å². The van der Waals surface area contributed by atoms with E-state index in [4.69, 9.17) is 9.47 Å². The minimum absolute atomic E-state index is 0.00581. The van der Waals surface area contributed by atoms with E-state index in [-0.39, 0.29) is 30.1 Å². The lowest BCUT2D eigenvalue weighted by Gasteiger charge is -2.18. The van der Waals surface area contributed by atoms with Gasteiger partial charge in [0.25, 0.3) is 0 Å². The van der Waals surface area contributed by atoms with Crippen molar-refractivity contribution < 1.29 is 19.1 Å². The molecule has 0 bridgehead atoms. The Morgan fingerprint density at radius 3 is 2.63 bits per heavy atom. The standard InChI is InChI=1S/C23H25N3O4/c1-2-15-3-5-16(6-4-15)25-22(28)26-10-9-23(13-26)12-18(23)21(27)24-17-7-8-19-20(11-17)30-14-29-19/h3-8,11,18H,2,9-10,12-14H2,1H3,(H,24,27)(H,25,28)/t18-,23-/m1/s1. The quantitative estimate of drug-likeness (QED) is 0.807. The fraction of sp³-hybridized carbons (Fsp3) is 0.391. The van der Waals surface area contributed by atoms with E-state index < -0.39 is 0 Å². The number of carbonyl (C=O) groups is 2. The lowest BCUT2D eigenvalue weighted by Crippen LogP contribution is -2.33. The normalized spacial score (nSPS) is 23.5. The summed E-state index contributed by atoms with van der Waals surface area (Å²) in [6.45, 7) is 3.60. The summed E-state index contributed by atoms with van der Waals surface area (Å²) in [5, 5.41) is 5.96. The van der Waals surface area contributed by atoms with Gasteiger partial charge in [-0.1, -0.05) is 19.1 Å². The van der Waals surface area contributed by atoms with Crippen LogP contribution in [0.15, 0.2) is 42.5 Å². The van der Waals surface area contributed by atoms with Crippen molar-refractivity contribution >= 4 is 23.3 Å². The molecule has 156 valence electrons. The van der Waals surface area contributed by atoms with E-state index in [2.05, 4.69) is 17.6 Å². The molecule has 1 saturated heterocycles.